The Morgan fingerprint density at radius 1 is 1.09 bits per heavy atom. The molecule has 2 heterocycles. The maximum absolute atomic E-state index is 12.4. The van der Waals surface area contributed by atoms with Crippen LogP contribution in [0.15, 0.2) is 18.2 Å². The van der Waals surface area contributed by atoms with Crippen LogP contribution in [0.5, 0.6) is 0 Å². The highest BCUT2D eigenvalue weighted by Gasteiger charge is 2.19. The number of nitrogens with zero attached hydrogens (tertiary/aromatic N) is 2. The van der Waals surface area contributed by atoms with Gasteiger partial charge in [0.15, 0.2) is 0 Å². The second-order valence-electron chi connectivity index (χ2n) is 6.11. The predicted molar refractivity (Wildman–Crippen MR) is 88.0 cm³/mol. The summed E-state index contributed by atoms with van der Waals surface area (Å²) in [6.45, 7) is 4.81. The van der Waals surface area contributed by atoms with Gasteiger partial charge in [-0.25, -0.2) is 0 Å². The summed E-state index contributed by atoms with van der Waals surface area (Å²) >= 11 is 0. The van der Waals surface area contributed by atoms with Crippen molar-refractivity contribution >= 4 is 17.3 Å². The molecule has 0 unspecified atom stereocenters. The number of hydrogen-bond acceptors (Lipinski definition) is 4. The van der Waals surface area contributed by atoms with E-state index in [1.54, 1.807) is 0 Å². The molecule has 1 aromatic rings. The fraction of sp³-hybridized carbons (Fsp3) is 0.588. The first-order chi connectivity index (χ1) is 10.7. The van der Waals surface area contributed by atoms with Gasteiger partial charge in [-0.05, 0) is 37.0 Å². The number of nitrogens with two attached hydrogens (primary N) is 1. The van der Waals surface area contributed by atoms with Crippen LogP contribution in [0.4, 0.5) is 11.4 Å². The zero-order valence-electron chi connectivity index (χ0n) is 13.1. The van der Waals surface area contributed by atoms with E-state index in [9.17, 15) is 4.79 Å². The second kappa shape index (κ2) is 7.01. The summed E-state index contributed by atoms with van der Waals surface area (Å²) in [4.78, 5) is 16.6. The third-order valence-corrected chi connectivity index (χ3v) is 4.51. The monoisotopic (exact) mass is 303 g/mol. The molecule has 1 aromatic carbocycles. The number of piperidine rings is 1. The van der Waals surface area contributed by atoms with Gasteiger partial charge in [-0.15, -0.1) is 0 Å². The third kappa shape index (κ3) is 3.53. The van der Waals surface area contributed by atoms with Crippen LogP contribution in [0.25, 0.3) is 0 Å². The Labute approximate surface area is 132 Å². The van der Waals surface area contributed by atoms with Gasteiger partial charge in [0.05, 0.1) is 31.0 Å². The van der Waals surface area contributed by atoms with Gasteiger partial charge >= 0.3 is 0 Å². The maximum atomic E-state index is 12.4. The van der Waals surface area contributed by atoms with Crippen LogP contribution in [0.3, 0.4) is 0 Å². The number of nitrogen functional groups attached to an aromatic ring is 1. The number of amides is 1. The summed E-state index contributed by atoms with van der Waals surface area (Å²) in [5.74, 6) is 0.178. The van der Waals surface area contributed by atoms with Gasteiger partial charge in [0.1, 0.15) is 0 Å². The quantitative estimate of drug-likeness (QED) is 0.863. The molecular weight excluding hydrogens is 278 g/mol. The van der Waals surface area contributed by atoms with Crippen LogP contribution in [0.2, 0.25) is 0 Å². The Morgan fingerprint density at radius 3 is 2.55 bits per heavy atom. The molecule has 5 heteroatoms. The largest absolute Gasteiger partial charge is 0.397 e. The number of carbonyl (C=O) groups excluding carboxylic acids is 1. The van der Waals surface area contributed by atoms with Crippen LogP contribution in [-0.2, 0) is 16.0 Å². The molecular formula is C17H25N3O2. The highest BCUT2D eigenvalue weighted by atomic mass is 16.5. The molecule has 2 aliphatic rings. The standard InChI is InChI=1S/C17H25N3O2/c18-15-5-4-14(12-16(15)19-6-2-1-3-7-19)13-17(21)20-8-10-22-11-9-20/h4-5,12H,1-3,6-11,13,18H2. The summed E-state index contributed by atoms with van der Waals surface area (Å²) in [7, 11) is 0. The number of rotatable bonds is 3. The topological polar surface area (TPSA) is 58.8 Å². The molecule has 2 N–H and O–H groups in total. The minimum atomic E-state index is 0.178. The lowest BCUT2D eigenvalue weighted by molar-refractivity contribution is -0.134. The van der Waals surface area contributed by atoms with Crippen LogP contribution < -0.4 is 10.6 Å². The normalized spacial score (nSPS) is 19.3. The molecule has 5 nitrogen and oxygen atoms in total. The number of morpholine rings is 1. The Balaban J connectivity index is 1.69. The zero-order chi connectivity index (χ0) is 15.4. The van der Waals surface area contributed by atoms with Crippen LogP contribution in [0, 0.1) is 0 Å². The highest BCUT2D eigenvalue weighted by molar-refractivity contribution is 5.80. The fourth-order valence-corrected chi connectivity index (χ4v) is 3.21. The number of carbonyl (C=O) groups is 1. The lowest BCUT2D eigenvalue weighted by Crippen LogP contribution is -2.41. The molecule has 0 bridgehead atoms. The van der Waals surface area contributed by atoms with Crippen LogP contribution in [0.1, 0.15) is 24.8 Å². The average molecular weight is 303 g/mol. The second-order valence-corrected chi connectivity index (χ2v) is 6.11. The van der Waals surface area contributed by atoms with E-state index in [-0.39, 0.29) is 5.91 Å². The van der Waals surface area contributed by atoms with E-state index in [1.165, 1.54) is 19.3 Å². The number of hydrogen-bond donors (Lipinski definition) is 1. The smallest absolute Gasteiger partial charge is 0.227 e. The van der Waals surface area contributed by atoms with Crippen molar-refractivity contribution in [3.8, 4) is 0 Å². The summed E-state index contributed by atoms with van der Waals surface area (Å²) in [5, 5.41) is 0. The molecule has 2 aliphatic heterocycles. The summed E-state index contributed by atoms with van der Waals surface area (Å²) in [6.07, 6.45) is 4.18. The third-order valence-electron chi connectivity index (χ3n) is 4.51. The minimum Gasteiger partial charge on any atom is -0.397 e. The first-order valence-corrected chi connectivity index (χ1v) is 8.23. The van der Waals surface area contributed by atoms with E-state index < -0.39 is 0 Å². The number of anilines is 2. The van der Waals surface area contributed by atoms with Gasteiger partial charge in [0.2, 0.25) is 5.91 Å². The van der Waals surface area contributed by atoms with Gasteiger partial charge in [0, 0.05) is 26.2 Å². The molecule has 2 fully saturated rings. The Morgan fingerprint density at radius 2 is 1.82 bits per heavy atom. The molecule has 0 spiro atoms. The Bertz CT molecular complexity index is 521. The first kappa shape index (κ1) is 15.2. The molecule has 0 saturated carbocycles. The van der Waals surface area contributed by atoms with Crippen molar-refractivity contribution in [2.75, 3.05) is 50.0 Å². The van der Waals surface area contributed by atoms with Gasteiger partial charge in [0.25, 0.3) is 0 Å². The summed E-state index contributed by atoms with van der Waals surface area (Å²) in [6, 6.07) is 6.01. The van der Waals surface area contributed by atoms with E-state index in [0.29, 0.717) is 32.7 Å². The van der Waals surface area contributed by atoms with Crippen molar-refractivity contribution in [2.45, 2.75) is 25.7 Å². The van der Waals surface area contributed by atoms with Crippen molar-refractivity contribution in [1.29, 1.82) is 0 Å². The minimum absolute atomic E-state index is 0.178. The van der Waals surface area contributed by atoms with Crippen molar-refractivity contribution < 1.29 is 9.53 Å². The van der Waals surface area contributed by atoms with Gasteiger partial charge in [-0.3, -0.25) is 4.79 Å². The molecule has 22 heavy (non-hydrogen) atoms. The van der Waals surface area contributed by atoms with E-state index in [0.717, 1.165) is 30.0 Å². The molecule has 0 atom stereocenters. The van der Waals surface area contributed by atoms with Crippen molar-refractivity contribution in [2.24, 2.45) is 0 Å². The number of benzene rings is 1. The molecule has 3 rings (SSSR count). The summed E-state index contributed by atoms with van der Waals surface area (Å²) in [5.41, 5.74) is 9.09. The molecule has 2 saturated heterocycles. The Hall–Kier alpha value is -1.75. The zero-order valence-corrected chi connectivity index (χ0v) is 13.1. The van der Waals surface area contributed by atoms with E-state index in [1.807, 2.05) is 17.0 Å². The summed E-state index contributed by atoms with van der Waals surface area (Å²) < 4.78 is 5.30. The SMILES string of the molecule is Nc1ccc(CC(=O)N2CCOCC2)cc1N1CCCCC1. The van der Waals surface area contributed by atoms with Crippen LogP contribution >= 0.6 is 0 Å². The lowest BCUT2D eigenvalue weighted by atomic mass is 10.1. The average Bonchev–Trinajstić information content (AvgIpc) is 2.58. The van der Waals surface area contributed by atoms with E-state index >= 15 is 0 Å². The van der Waals surface area contributed by atoms with Crippen molar-refractivity contribution in [3.05, 3.63) is 23.8 Å². The predicted octanol–water partition coefficient (Wildman–Crippen LogP) is 1.66. The Kier molecular flexibility index (Phi) is 4.83. The molecule has 120 valence electrons. The maximum Gasteiger partial charge on any atom is 0.227 e. The number of ether oxygens (including phenoxy) is 1. The lowest BCUT2D eigenvalue weighted by Gasteiger charge is -2.30. The molecule has 0 aliphatic carbocycles. The van der Waals surface area contributed by atoms with Gasteiger partial charge in [-0.2, -0.15) is 0 Å². The van der Waals surface area contributed by atoms with Crippen LogP contribution in [-0.4, -0.2) is 50.2 Å². The first-order valence-electron chi connectivity index (χ1n) is 8.23. The molecule has 1 amide bonds. The van der Waals surface area contributed by atoms with Crippen molar-refractivity contribution in [1.82, 2.24) is 4.90 Å². The van der Waals surface area contributed by atoms with Gasteiger partial charge in [-0.1, -0.05) is 6.07 Å². The fourth-order valence-electron chi connectivity index (χ4n) is 3.21. The van der Waals surface area contributed by atoms with Crippen molar-refractivity contribution in [3.63, 3.8) is 0 Å². The van der Waals surface area contributed by atoms with Gasteiger partial charge < -0.3 is 20.3 Å². The van der Waals surface area contributed by atoms with E-state index in [4.69, 9.17) is 10.5 Å². The van der Waals surface area contributed by atoms with E-state index in [2.05, 4.69) is 11.0 Å². The highest BCUT2D eigenvalue weighted by Crippen LogP contribution is 2.27. The molecule has 0 aromatic heterocycles. The molecule has 0 radical (unpaired) electrons.